The van der Waals surface area contributed by atoms with Gasteiger partial charge in [0.25, 0.3) is 0 Å². The number of esters is 1. The maximum atomic E-state index is 11.1. The normalized spacial score (nSPS) is 16.8. The number of methoxy groups -OCH3 is 1. The van der Waals surface area contributed by atoms with E-state index in [0.29, 0.717) is 18.8 Å². The number of nitrogens with one attached hydrogen (secondary N) is 1. The third kappa shape index (κ3) is 3.12. The Morgan fingerprint density at radius 3 is 2.78 bits per heavy atom. The highest BCUT2D eigenvalue weighted by molar-refractivity contribution is 5.69. The summed E-state index contributed by atoms with van der Waals surface area (Å²) in [5.74, 6) is 1.35. The molecule has 0 radical (unpaired) electrons. The molecule has 0 bridgehead atoms. The van der Waals surface area contributed by atoms with Crippen molar-refractivity contribution >= 4 is 5.97 Å². The van der Waals surface area contributed by atoms with Gasteiger partial charge in [-0.15, -0.1) is 0 Å². The molecule has 0 unspecified atom stereocenters. The van der Waals surface area contributed by atoms with Crippen molar-refractivity contribution in [1.82, 2.24) is 9.97 Å². The lowest BCUT2D eigenvalue weighted by molar-refractivity contribution is -0.140. The Morgan fingerprint density at radius 1 is 1.39 bits per heavy atom. The van der Waals surface area contributed by atoms with Gasteiger partial charge in [-0.25, -0.2) is 4.98 Å². The van der Waals surface area contributed by atoms with Gasteiger partial charge in [-0.05, 0) is 19.8 Å². The van der Waals surface area contributed by atoms with Crippen molar-refractivity contribution in [3.63, 3.8) is 0 Å². The van der Waals surface area contributed by atoms with E-state index in [1.807, 2.05) is 0 Å². The minimum absolute atomic E-state index is 0.178. The van der Waals surface area contributed by atoms with E-state index in [2.05, 4.69) is 21.6 Å². The minimum atomic E-state index is -0.178. The molecule has 0 aromatic carbocycles. The van der Waals surface area contributed by atoms with E-state index >= 15 is 0 Å². The first-order valence-corrected chi connectivity index (χ1v) is 6.83. The monoisotopic (exact) mass is 250 g/mol. The lowest BCUT2D eigenvalue weighted by atomic mass is 9.86. The Bertz CT molecular complexity index is 406. The molecule has 0 aliphatic heterocycles. The van der Waals surface area contributed by atoms with Crippen LogP contribution in [0.25, 0.3) is 0 Å². The Labute approximate surface area is 108 Å². The first-order valence-electron chi connectivity index (χ1n) is 6.83. The molecule has 18 heavy (non-hydrogen) atoms. The third-order valence-corrected chi connectivity index (χ3v) is 3.76. The second kappa shape index (κ2) is 6.03. The average Bonchev–Trinajstić information content (AvgIpc) is 2.78. The highest BCUT2D eigenvalue weighted by atomic mass is 16.5. The molecule has 4 heteroatoms. The first kappa shape index (κ1) is 13.1. The molecule has 0 saturated heterocycles. The molecule has 1 N–H and O–H groups in total. The van der Waals surface area contributed by atoms with Gasteiger partial charge in [0.05, 0.1) is 19.2 Å². The van der Waals surface area contributed by atoms with Gasteiger partial charge in [-0.1, -0.05) is 19.3 Å². The van der Waals surface area contributed by atoms with Gasteiger partial charge in [-0.3, -0.25) is 4.79 Å². The lowest BCUT2D eigenvalue weighted by Crippen LogP contribution is -2.06. The van der Waals surface area contributed by atoms with Gasteiger partial charge in [0.1, 0.15) is 5.82 Å². The Hall–Kier alpha value is -1.32. The zero-order valence-corrected chi connectivity index (χ0v) is 11.3. The Balaban J connectivity index is 1.99. The second-order valence-corrected chi connectivity index (χ2v) is 5.10. The van der Waals surface area contributed by atoms with Crippen LogP contribution >= 0.6 is 0 Å². The van der Waals surface area contributed by atoms with Gasteiger partial charge in [-0.2, -0.15) is 0 Å². The zero-order valence-electron chi connectivity index (χ0n) is 11.3. The van der Waals surface area contributed by atoms with E-state index < -0.39 is 0 Å². The largest absolute Gasteiger partial charge is 0.469 e. The number of rotatable bonds is 4. The van der Waals surface area contributed by atoms with Crippen molar-refractivity contribution < 1.29 is 9.53 Å². The summed E-state index contributed by atoms with van der Waals surface area (Å²) in [6.07, 6.45) is 7.52. The molecule has 0 atom stereocenters. The maximum Gasteiger partial charge on any atom is 0.305 e. The SMILES string of the molecule is COC(=O)CCc1nc(C2CCCCC2)c(C)[nH]1. The van der Waals surface area contributed by atoms with Gasteiger partial charge >= 0.3 is 5.97 Å². The molecule has 1 saturated carbocycles. The summed E-state index contributed by atoms with van der Waals surface area (Å²) in [7, 11) is 1.42. The highest BCUT2D eigenvalue weighted by Gasteiger charge is 2.20. The number of carbonyl (C=O) groups excluding carboxylic acids is 1. The molecular formula is C14H22N2O2. The Morgan fingerprint density at radius 2 is 2.11 bits per heavy atom. The molecule has 1 fully saturated rings. The predicted octanol–water partition coefficient (Wildman–Crippen LogP) is 2.87. The third-order valence-electron chi connectivity index (χ3n) is 3.76. The summed E-state index contributed by atoms with van der Waals surface area (Å²) in [6.45, 7) is 2.08. The number of H-pyrrole nitrogens is 1. The molecule has 1 aromatic heterocycles. The van der Waals surface area contributed by atoms with Crippen molar-refractivity contribution in [2.24, 2.45) is 0 Å². The van der Waals surface area contributed by atoms with E-state index in [4.69, 9.17) is 0 Å². The van der Waals surface area contributed by atoms with Gasteiger partial charge < -0.3 is 9.72 Å². The number of aromatic nitrogens is 2. The molecule has 1 aromatic rings. The van der Waals surface area contributed by atoms with Gasteiger partial charge in [0.2, 0.25) is 0 Å². The van der Waals surface area contributed by atoms with Crippen molar-refractivity contribution in [2.75, 3.05) is 7.11 Å². The fourth-order valence-corrected chi connectivity index (χ4v) is 2.75. The molecule has 1 aliphatic rings. The molecule has 4 nitrogen and oxygen atoms in total. The van der Waals surface area contributed by atoms with Crippen LogP contribution < -0.4 is 0 Å². The van der Waals surface area contributed by atoms with Crippen LogP contribution in [-0.4, -0.2) is 23.0 Å². The highest BCUT2D eigenvalue weighted by Crippen LogP contribution is 2.33. The number of aryl methyl sites for hydroxylation is 2. The van der Waals surface area contributed by atoms with E-state index in [9.17, 15) is 4.79 Å². The number of hydrogen-bond acceptors (Lipinski definition) is 3. The molecule has 0 spiro atoms. The zero-order chi connectivity index (χ0) is 13.0. The second-order valence-electron chi connectivity index (χ2n) is 5.10. The number of ether oxygens (including phenoxy) is 1. The van der Waals surface area contributed by atoms with Crippen molar-refractivity contribution in [3.05, 3.63) is 17.2 Å². The molecule has 1 heterocycles. The van der Waals surface area contributed by atoms with Crippen molar-refractivity contribution in [1.29, 1.82) is 0 Å². The summed E-state index contributed by atoms with van der Waals surface area (Å²) in [4.78, 5) is 19.1. The van der Waals surface area contributed by atoms with E-state index in [0.717, 1.165) is 5.82 Å². The molecule has 1 aliphatic carbocycles. The summed E-state index contributed by atoms with van der Waals surface area (Å²) in [6, 6.07) is 0. The number of imidazole rings is 1. The van der Waals surface area contributed by atoms with Crippen LogP contribution in [0.15, 0.2) is 0 Å². The minimum Gasteiger partial charge on any atom is -0.469 e. The smallest absolute Gasteiger partial charge is 0.305 e. The quantitative estimate of drug-likeness (QED) is 0.836. The van der Waals surface area contributed by atoms with Crippen LogP contribution in [0.4, 0.5) is 0 Å². The fourth-order valence-electron chi connectivity index (χ4n) is 2.75. The van der Waals surface area contributed by atoms with Gasteiger partial charge in [0, 0.05) is 18.0 Å². The first-order chi connectivity index (χ1) is 8.70. The fraction of sp³-hybridized carbons (Fsp3) is 0.714. The molecular weight excluding hydrogens is 228 g/mol. The topological polar surface area (TPSA) is 55.0 Å². The summed E-state index contributed by atoms with van der Waals surface area (Å²) in [5, 5.41) is 0. The van der Waals surface area contributed by atoms with Crippen LogP contribution in [0.1, 0.15) is 61.7 Å². The van der Waals surface area contributed by atoms with Crippen LogP contribution in [-0.2, 0) is 16.0 Å². The van der Waals surface area contributed by atoms with E-state index in [1.54, 1.807) is 0 Å². The summed E-state index contributed by atoms with van der Waals surface area (Å²) in [5.41, 5.74) is 2.39. The van der Waals surface area contributed by atoms with Crippen molar-refractivity contribution in [3.8, 4) is 0 Å². The number of nitrogens with zero attached hydrogens (tertiary/aromatic N) is 1. The summed E-state index contributed by atoms with van der Waals surface area (Å²) < 4.78 is 4.64. The van der Waals surface area contributed by atoms with Crippen LogP contribution in [0, 0.1) is 6.92 Å². The average molecular weight is 250 g/mol. The standard InChI is InChI=1S/C14H22N2O2/c1-10-14(11-6-4-3-5-7-11)16-12(15-10)8-9-13(17)18-2/h11H,3-9H2,1-2H3,(H,15,16). The number of aromatic amines is 1. The van der Waals surface area contributed by atoms with Crippen LogP contribution in [0.3, 0.4) is 0 Å². The van der Waals surface area contributed by atoms with Crippen LogP contribution in [0.5, 0.6) is 0 Å². The molecule has 100 valence electrons. The molecule has 0 amide bonds. The Kier molecular flexibility index (Phi) is 4.39. The van der Waals surface area contributed by atoms with Crippen LogP contribution in [0.2, 0.25) is 0 Å². The maximum absolute atomic E-state index is 11.1. The lowest BCUT2D eigenvalue weighted by Gasteiger charge is -2.20. The van der Waals surface area contributed by atoms with Gasteiger partial charge in [0.15, 0.2) is 0 Å². The molecule has 2 rings (SSSR count). The van der Waals surface area contributed by atoms with E-state index in [1.165, 1.54) is 50.6 Å². The summed E-state index contributed by atoms with van der Waals surface area (Å²) >= 11 is 0. The van der Waals surface area contributed by atoms with Crippen molar-refractivity contribution in [2.45, 2.75) is 57.8 Å². The van der Waals surface area contributed by atoms with E-state index in [-0.39, 0.29) is 5.97 Å². The number of carbonyl (C=O) groups is 1. The predicted molar refractivity (Wildman–Crippen MR) is 69.5 cm³/mol. The number of hydrogen-bond donors (Lipinski definition) is 1.